The Hall–Kier alpha value is -2.70. The molecule has 0 atom stereocenters. The largest absolute Gasteiger partial charge is 0.545 e. The molecule has 22 heavy (non-hydrogen) atoms. The zero-order valence-electron chi connectivity index (χ0n) is 10.7. The molecule has 0 spiro atoms. The molecule has 114 valence electrons. The maximum absolute atomic E-state index is 13.7. The van der Waals surface area contributed by atoms with E-state index in [1.807, 2.05) is 0 Å². The van der Waals surface area contributed by atoms with Crippen LogP contribution in [0.2, 0.25) is 0 Å². The van der Waals surface area contributed by atoms with Crippen molar-refractivity contribution in [1.29, 1.82) is 0 Å². The van der Waals surface area contributed by atoms with E-state index in [1.165, 1.54) is 24.3 Å². The van der Waals surface area contributed by atoms with E-state index in [0.717, 1.165) is 6.08 Å². The van der Waals surface area contributed by atoms with Gasteiger partial charge in [-0.15, -0.1) is 0 Å². The highest BCUT2D eigenvalue weighted by molar-refractivity contribution is 6.19. The summed E-state index contributed by atoms with van der Waals surface area (Å²) in [5.74, 6) is -13.4. The molecule has 0 saturated carbocycles. The summed E-state index contributed by atoms with van der Waals surface area (Å²) in [4.78, 5) is 11.1. The molecule has 0 unspecified atom stereocenters. The lowest BCUT2D eigenvalue weighted by molar-refractivity contribution is -0.295. The zero-order valence-corrected chi connectivity index (χ0v) is 10.7. The fourth-order valence-electron chi connectivity index (χ4n) is 1.79. The Morgan fingerprint density at radius 1 is 0.818 bits per heavy atom. The average molecular weight is 313 g/mol. The predicted octanol–water partition coefficient (Wildman–Crippen LogP) is 2.67. The molecular weight excluding hydrogens is 307 g/mol. The molecule has 0 N–H and O–H groups in total. The molecule has 2 aromatic carbocycles. The number of hydrogen-bond acceptors (Lipinski definition) is 2. The van der Waals surface area contributed by atoms with Crippen molar-refractivity contribution in [3.05, 3.63) is 70.5 Å². The van der Waals surface area contributed by atoms with Gasteiger partial charge in [-0.2, -0.15) is 0 Å². The number of carboxylic acids is 1. The molecule has 2 rings (SSSR count). The fraction of sp³-hybridized carbons (Fsp3) is 0. The quantitative estimate of drug-likeness (QED) is 0.287. The first-order valence-electron chi connectivity index (χ1n) is 5.84. The van der Waals surface area contributed by atoms with Crippen LogP contribution in [0.1, 0.15) is 11.1 Å². The third-order valence-corrected chi connectivity index (χ3v) is 2.81. The molecule has 0 radical (unpaired) electrons. The first-order chi connectivity index (χ1) is 10.3. The van der Waals surface area contributed by atoms with Crippen LogP contribution in [-0.2, 0) is 4.79 Å². The number of halogens is 5. The number of rotatable bonds is 3. The molecular formula is C15H6F5O2-. The predicted molar refractivity (Wildman–Crippen MR) is 65.6 cm³/mol. The summed E-state index contributed by atoms with van der Waals surface area (Å²) >= 11 is 0. The number of carbonyl (C=O) groups is 1. The van der Waals surface area contributed by atoms with Crippen LogP contribution in [0.3, 0.4) is 0 Å². The van der Waals surface area contributed by atoms with Gasteiger partial charge in [-0.3, -0.25) is 0 Å². The van der Waals surface area contributed by atoms with Crippen molar-refractivity contribution in [1.82, 2.24) is 0 Å². The van der Waals surface area contributed by atoms with Crippen LogP contribution in [0.15, 0.2) is 30.3 Å². The molecule has 0 fully saturated rings. The van der Waals surface area contributed by atoms with Gasteiger partial charge in [-0.25, -0.2) is 22.0 Å². The molecule has 2 nitrogen and oxygen atoms in total. The van der Waals surface area contributed by atoms with Crippen molar-refractivity contribution >= 4 is 17.6 Å². The van der Waals surface area contributed by atoms with Crippen molar-refractivity contribution in [2.24, 2.45) is 0 Å². The minimum absolute atomic E-state index is 0.186. The number of aliphatic carboxylic acids is 1. The second-order valence-corrected chi connectivity index (χ2v) is 4.20. The van der Waals surface area contributed by atoms with Gasteiger partial charge in [0.1, 0.15) is 0 Å². The zero-order chi connectivity index (χ0) is 16.4. The minimum atomic E-state index is -2.36. The SMILES string of the molecule is O=C([O-])/C(=C\c1ccccc1)c1c(F)c(F)c(F)c(F)c1F. The molecule has 0 aromatic heterocycles. The van der Waals surface area contributed by atoms with Crippen molar-refractivity contribution in [3.8, 4) is 0 Å². The van der Waals surface area contributed by atoms with E-state index in [-0.39, 0.29) is 5.56 Å². The van der Waals surface area contributed by atoms with Crippen molar-refractivity contribution in [3.63, 3.8) is 0 Å². The van der Waals surface area contributed by atoms with E-state index >= 15 is 0 Å². The maximum atomic E-state index is 13.7. The van der Waals surface area contributed by atoms with Crippen LogP contribution in [0.5, 0.6) is 0 Å². The number of carbonyl (C=O) groups excluding carboxylic acids is 1. The van der Waals surface area contributed by atoms with Gasteiger partial charge < -0.3 is 9.90 Å². The van der Waals surface area contributed by atoms with Crippen LogP contribution in [-0.4, -0.2) is 5.97 Å². The van der Waals surface area contributed by atoms with E-state index in [4.69, 9.17) is 0 Å². The molecule has 7 heteroatoms. The lowest BCUT2D eigenvalue weighted by Crippen LogP contribution is -2.25. The molecule has 0 bridgehead atoms. The molecule has 0 aliphatic carbocycles. The maximum Gasteiger partial charge on any atom is 0.200 e. The van der Waals surface area contributed by atoms with Gasteiger partial charge in [0, 0.05) is 5.57 Å². The number of carboxylic acid groups (broad SMARTS) is 1. The normalized spacial score (nSPS) is 11.6. The first-order valence-corrected chi connectivity index (χ1v) is 5.84. The minimum Gasteiger partial charge on any atom is -0.545 e. The van der Waals surface area contributed by atoms with Crippen LogP contribution >= 0.6 is 0 Å². The van der Waals surface area contributed by atoms with E-state index in [0.29, 0.717) is 0 Å². The second-order valence-electron chi connectivity index (χ2n) is 4.20. The Balaban J connectivity index is 2.76. The molecule has 2 aromatic rings. The van der Waals surface area contributed by atoms with Gasteiger partial charge in [0.2, 0.25) is 5.82 Å². The Morgan fingerprint density at radius 2 is 1.27 bits per heavy atom. The standard InChI is InChI=1S/C15H7F5O2/c16-10-9(11(17)13(19)14(20)12(10)18)8(15(21)22)6-7-4-2-1-3-5-7/h1-6H,(H,21,22)/p-1/b8-6-. The van der Waals surface area contributed by atoms with E-state index in [9.17, 15) is 31.9 Å². The monoisotopic (exact) mass is 313 g/mol. The lowest BCUT2D eigenvalue weighted by atomic mass is 10.0. The highest BCUT2D eigenvalue weighted by Crippen LogP contribution is 2.29. The fourth-order valence-corrected chi connectivity index (χ4v) is 1.79. The molecule has 0 heterocycles. The summed E-state index contributed by atoms with van der Waals surface area (Å²) in [6, 6.07) is 7.35. The first kappa shape index (κ1) is 15.7. The summed E-state index contributed by atoms with van der Waals surface area (Å²) in [7, 11) is 0. The number of benzene rings is 2. The van der Waals surface area contributed by atoms with Gasteiger partial charge in [-0.05, 0) is 11.6 Å². The Labute approximate surface area is 121 Å². The number of hydrogen-bond donors (Lipinski definition) is 0. The van der Waals surface area contributed by atoms with Crippen molar-refractivity contribution in [2.75, 3.05) is 0 Å². The summed E-state index contributed by atoms with van der Waals surface area (Å²) in [5, 5.41) is 11.1. The Bertz CT molecular complexity index is 740. The van der Waals surface area contributed by atoms with Crippen LogP contribution in [0.4, 0.5) is 22.0 Å². The van der Waals surface area contributed by atoms with Crippen molar-refractivity contribution in [2.45, 2.75) is 0 Å². The summed E-state index contributed by atoms with van der Waals surface area (Å²) in [6.07, 6.45) is 0.758. The van der Waals surface area contributed by atoms with Crippen LogP contribution < -0.4 is 5.11 Å². The van der Waals surface area contributed by atoms with E-state index < -0.39 is 46.2 Å². The second kappa shape index (κ2) is 5.97. The topological polar surface area (TPSA) is 40.1 Å². The van der Waals surface area contributed by atoms with Crippen LogP contribution in [0.25, 0.3) is 11.6 Å². The third kappa shape index (κ3) is 2.69. The average Bonchev–Trinajstić information content (AvgIpc) is 2.51. The summed E-state index contributed by atoms with van der Waals surface area (Å²) < 4.78 is 66.6. The third-order valence-electron chi connectivity index (χ3n) is 2.81. The summed E-state index contributed by atoms with van der Waals surface area (Å²) in [5.41, 5.74) is -2.51. The van der Waals surface area contributed by atoms with Gasteiger partial charge in [0.15, 0.2) is 23.3 Å². The van der Waals surface area contributed by atoms with Gasteiger partial charge in [0.05, 0.1) is 11.5 Å². The highest BCUT2D eigenvalue weighted by Gasteiger charge is 2.28. The van der Waals surface area contributed by atoms with Gasteiger partial charge in [-0.1, -0.05) is 30.3 Å². The van der Waals surface area contributed by atoms with E-state index in [1.54, 1.807) is 6.07 Å². The van der Waals surface area contributed by atoms with E-state index in [2.05, 4.69) is 0 Å². The van der Waals surface area contributed by atoms with Crippen LogP contribution in [0, 0.1) is 29.1 Å². The lowest BCUT2D eigenvalue weighted by Gasteiger charge is -2.13. The highest BCUT2D eigenvalue weighted by atomic mass is 19.2. The molecule has 0 saturated heterocycles. The summed E-state index contributed by atoms with van der Waals surface area (Å²) in [6.45, 7) is 0. The van der Waals surface area contributed by atoms with Gasteiger partial charge in [0.25, 0.3) is 0 Å². The molecule has 0 aliphatic heterocycles. The molecule has 0 amide bonds. The van der Waals surface area contributed by atoms with Gasteiger partial charge >= 0.3 is 0 Å². The smallest absolute Gasteiger partial charge is 0.200 e. The Kier molecular flexibility index (Phi) is 4.25. The molecule has 0 aliphatic rings. The van der Waals surface area contributed by atoms with Crippen molar-refractivity contribution < 1.29 is 31.9 Å². The Morgan fingerprint density at radius 3 is 1.73 bits per heavy atom.